The molecule has 2 rings (SSSR count). The Balaban J connectivity index is 2.23. The number of nitrogens with zero attached hydrogens (tertiary/aromatic N) is 4. The molecule has 1 saturated heterocycles. The van der Waals surface area contributed by atoms with Gasteiger partial charge in [-0.1, -0.05) is 16.7 Å². The van der Waals surface area contributed by atoms with Crippen molar-refractivity contribution in [3.05, 3.63) is 39.2 Å². The average Bonchev–Trinajstić information content (AvgIpc) is 2.76. The highest BCUT2D eigenvalue weighted by Gasteiger charge is 2.34. The zero-order chi connectivity index (χ0) is 15.6. The fourth-order valence-corrected chi connectivity index (χ4v) is 2.47. The highest BCUT2D eigenvalue weighted by atomic mass is 35.5. The molecule has 0 aliphatic carbocycles. The van der Waals surface area contributed by atoms with Crippen molar-refractivity contribution >= 4 is 23.2 Å². The first-order chi connectivity index (χ1) is 9.82. The van der Waals surface area contributed by atoms with Crippen LogP contribution in [-0.2, 0) is 11.0 Å². The maximum Gasteiger partial charge on any atom is 0.416 e. The van der Waals surface area contributed by atoms with Gasteiger partial charge in [0, 0.05) is 24.4 Å². The molecule has 1 aromatic carbocycles. The van der Waals surface area contributed by atoms with Gasteiger partial charge >= 0.3 is 6.18 Å². The van der Waals surface area contributed by atoms with E-state index < -0.39 is 11.7 Å². The van der Waals surface area contributed by atoms with Crippen molar-refractivity contribution in [3.63, 3.8) is 0 Å². The molecule has 0 bridgehead atoms. The molecule has 1 amide bonds. The Kier molecular flexibility index (Phi) is 4.29. The lowest BCUT2D eigenvalue weighted by Crippen LogP contribution is -2.25. The van der Waals surface area contributed by atoms with Gasteiger partial charge in [0.25, 0.3) is 0 Å². The standard InChI is InChI=1S/C12H10ClF3N4O/c13-9-4-8(12(14,15)16)1-2-10(9)20-6-7(3-11(20)21)5-18-19-17/h1-2,4,7H,3,5-6H2. The van der Waals surface area contributed by atoms with E-state index in [-0.39, 0.29) is 42.0 Å². The number of rotatable bonds is 3. The number of azide groups is 1. The Morgan fingerprint density at radius 1 is 1.48 bits per heavy atom. The normalized spacial score (nSPS) is 18.8. The van der Waals surface area contributed by atoms with E-state index in [4.69, 9.17) is 17.1 Å². The molecule has 0 radical (unpaired) electrons. The van der Waals surface area contributed by atoms with Gasteiger partial charge in [0.2, 0.25) is 5.91 Å². The molecule has 1 heterocycles. The molecule has 1 unspecified atom stereocenters. The van der Waals surface area contributed by atoms with E-state index in [2.05, 4.69) is 10.0 Å². The number of carbonyl (C=O) groups is 1. The Hall–Kier alpha value is -1.92. The summed E-state index contributed by atoms with van der Waals surface area (Å²) >= 11 is 5.86. The van der Waals surface area contributed by atoms with Crippen molar-refractivity contribution in [2.75, 3.05) is 18.0 Å². The number of amides is 1. The van der Waals surface area contributed by atoms with E-state index in [0.717, 1.165) is 12.1 Å². The third-order valence-corrected chi connectivity index (χ3v) is 3.48. The summed E-state index contributed by atoms with van der Waals surface area (Å²) in [5.41, 5.74) is 7.63. The molecule has 112 valence electrons. The zero-order valence-corrected chi connectivity index (χ0v) is 11.4. The van der Waals surface area contributed by atoms with E-state index in [1.807, 2.05) is 0 Å². The van der Waals surface area contributed by atoms with E-state index in [9.17, 15) is 18.0 Å². The van der Waals surface area contributed by atoms with Crippen molar-refractivity contribution in [2.24, 2.45) is 11.0 Å². The van der Waals surface area contributed by atoms with Crippen molar-refractivity contribution in [2.45, 2.75) is 12.6 Å². The minimum atomic E-state index is -4.48. The van der Waals surface area contributed by atoms with Crippen LogP contribution in [0.1, 0.15) is 12.0 Å². The summed E-state index contributed by atoms with van der Waals surface area (Å²) in [7, 11) is 0. The molecule has 1 aliphatic rings. The smallest absolute Gasteiger partial charge is 0.311 e. The summed E-state index contributed by atoms with van der Waals surface area (Å²) < 4.78 is 37.7. The summed E-state index contributed by atoms with van der Waals surface area (Å²) in [5, 5.41) is 3.27. The van der Waals surface area contributed by atoms with Gasteiger partial charge < -0.3 is 4.90 Å². The van der Waals surface area contributed by atoms with Crippen LogP contribution < -0.4 is 4.90 Å². The second kappa shape index (κ2) is 5.83. The SMILES string of the molecule is [N-]=[N+]=NCC1CC(=O)N(c2ccc(C(F)(F)F)cc2Cl)C1. The van der Waals surface area contributed by atoms with E-state index >= 15 is 0 Å². The molecule has 1 fully saturated rings. The molecule has 0 aromatic heterocycles. The summed E-state index contributed by atoms with van der Waals surface area (Å²) in [4.78, 5) is 15.8. The third kappa shape index (κ3) is 3.40. The van der Waals surface area contributed by atoms with Crippen LogP contribution in [0.4, 0.5) is 18.9 Å². The topological polar surface area (TPSA) is 69.1 Å². The predicted octanol–water partition coefficient (Wildman–Crippen LogP) is 4.02. The van der Waals surface area contributed by atoms with Gasteiger partial charge in [0.15, 0.2) is 0 Å². The first kappa shape index (κ1) is 15.5. The van der Waals surface area contributed by atoms with Crippen LogP contribution in [0.3, 0.4) is 0 Å². The molecule has 1 aromatic rings. The first-order valence-electron chi connectivity index (χ1n) is 6.01. The average molecular weight is 319 g/mol. The highest BCUT2D eigenvalue weighted by Crippen LogP contribution is 2.37. The Morgan fingerprint density at radius 3 is 2.76 bits per heavy atom. The van der Waals surface area contributed by atoms with Gasteiger partial charge in [-0.15, -0.1) is 0 Å². The minimum Gasteiger partial charge on any atom is -0.311 e. The number of alkyl halides is 3. The minimum absolute atomic E-state index is 0.136. The number of anilines is 1. The predicted molar refractivity (Wildman–Crippen MR) is 70.9 cm³/mol. The maximum absolute atomic E-state index is 12.6. The molecule has 0 saturated carbocycles. The van der Waals surface area contributed by atoms with Crippen molar-refractivity contribution in [1.29, 1.82) is 0 Å². The van der Waals surface area contributed by atoms with Gasteiger partial charge in [-0.05, 0) is 29.6 Å². The molecule has 0 N–H and O–H groups in total. The van der Waals surface area contributed by atoms with Gasteiger partial charge in [0.1, 0.15) is 0 Å². The fraction of sp³-hybridized carbons (Fsp3) is 0.417. The van der Waals surface area contributed by atoms with Gasteiger partial charge in [-0.25, -0.2) is 0 Å². The molecular weight excluding hydrogens is 309 g/mol. The summed E-state index contributed by atoms with van der Waals surface area (Å²) in [6, 6.07) is 2.86. The second-order valence-electron chi connectivity index (χ2n) is 4.65. The quantitative estimate of drug-likeness (QED) is 0.471. The number of hydrogen-bond donors (Lipinski definition) is 0. The lowest BCUT2D eigenvalue weighted by Gasteiger charge is -2.19. The van der Waals surface area contributed by atoms with E-state index in [1.165, 1.54) is 11.0 Å². The highest BCUT2D eigenvalue weighted by molar-refractivity contribution is 6.34. The lowest BCUT2D eigenvalue weighted by molar-refractivity contribution is -0.137. The summed E-state index contributed by atoms with van der Waals surface area (Å²) in [6.45, 7) is 0.430. The van der Waals surface area contributed by atoms with Crippen molar-refractivity contribution in [3.8, 4) is 0 Å². The third-order valence-electron chi connectivity index (χ3n) is 3.17. The summed E-state index contributed by atoms with van der Waals surface area (Å²) in [6.07, 6.45) is -4.31. The van der Waals surface area contributed by atoms with Crippen LogP contribution in [-0.4, -0.2) is 19.0 Å². The van der Waals surface area contributed by atoms with Gasteiger partial charge in [-0.3, -0.25) is 4.79 Å². The Bertz CT molecular complexity index is 613. The van der Waals surface area contributed by atoms with E-state index in [1.54, 1.807) is 0 Å². The molecule has 1 aliphatic heterocycles. The van der Waals surface area contributed by atoms with Crippen LogP contribution in [0, 0.1) is 5.92 Å². The van der Waals surface area contributed by atoms with Crippen LogP contribution >= 0.6 is 11.6 Å². The van der Waals surface area contributed by atoms with Crippen molar-refractivity contribution in [1.82, 2.24) is 0 Å². The monoisotopic (exact) mass is 318 g/mol. The first-order valence-corrected chi connectivity index (χ1v) is 6.38. The number of hydrogen-bond acceptors (Lipinski definition) is 2. The van der Waals surface area contributed by atoms with Crippen LogP contribution in [0.15, 0.2) is 23.3 Å². The molecule has 9 heteroatoms. The second-order valence-corrected chi connectivity index (χ2v) is 5.06. The molecule has 5 nitrogen and oxygen atoms in total. The molecule has 1 atom stereocenters. The Morgan fingerprint density at radius 2 is 2.19 bits per heavy atom. The summed E-state index contributed by atoms with van der Waals surface area (Å²) in [5.74, 6) is -0.415. The zero-order valence-electron chi connectivity index (χ0n) is 10.6. The lowest BCUT2D eigenvalue weighted by atomic mass is 10.1. The molecule has 21 heavy (non-hydrogen) atoms. The van der Waals surface area contributed by atoms with Gasteiger partial charge in [-0.2, -0.15) is 13.2 Å². The maximum atomic E-state index is 12.6. The van der Waals surface area contributed by atoms with Crippen LogP contribution in [0.2, 0.25) is 5.02 Å². The molecular formula is C12H10ClF3N4O. The van der Waals surface area contributed by atoms with E-state index in [0.29, 0.717) is 0 Å². The van der Waals surface area contributed by atoms with Gasteiger partial charge in [0.05, 0.1) is 16.3 Å². The fourth-order valence-electron chi connectivity index (χ4n) is 2.19. The van der Waals surface area contributed by atoms with Crippen LogP contribution in [0.5, 0.6) is 0 Å². The Labute approximate surface area is 122 Å². The molecule has 0 spiro atoms. The number of halogens is 4. The van der Waals surface area contributed by atoms with Crippen LogP contribution in [0.25, 0.3) is 10.4 Å². The van der Waals surface area contributed by atoms with Crippen molar-refractivity contribution < 1.29 is 18.0 Å². The number of carbonyl (C=O) groups excluding carboxylic acids is 1. The number of benzene rings is 1. The largest absolute Gasteiger partial charge is 0.416 e.